The van der Waals surface area contributed by atoms with Gasteiger partial charge in [0, 0.05) is 16.9 Å². The number of nitrogens with zero attached hydrogens (tertiary/aromatic N) is 2. The van der Waals surface area contributed by atoms with Crippen molar-refractivity contribution in [1.29, 1.82) is 0 Å². The van der Waals surface area contributed by atoms with Crippen LogP contribution in [0.25, 0.3) is 0 Å². The molecule has 2 rings (SSSR count). The second-order valence-corrected chi connectivity index (χ2v) is 6.37. The molecule has 19 heavy (non-hydrogen) atoms. The van der Waals surface area contributed by atoms with Gasteiger partial charge in [0.15, 0.2) is 5.78 Å². The molecule has 0 amide bonds. The third-order valence-corrected chi connectivity index (χ3v) is 3.98. The first kappa shape index (κ1) is 14.1. The van der Waals surface area contributed by atoms with Crippen LogP contribution in [0.4, 0.5) is 5.95 Å². The monoisotopic (exact) mass is 343 g/mol. The second kappa shape index (κ2) is 5.79. The summed E-state index contributed by atoms with van der Waals surface area (Å²) in [7, 11) is -4.38. The van der Waals surface area contributed by atoms with Crippen molar-refractivity contribution in [1.82, 2.24) is 9.97 Å². The number of rotatable bonds is 4. The van der Waals surface area contributed by atoms with Crippen LogP contribution in [-0.4, -0.2) is 19.8 Å². The molecule has 0 spiro atoms. The van der Waals surface area contributed by atoms with Gasteiger partial charge in [-0.05, 0) is 23.8 Å². The van der Waals surface area contributed by atoms with Gasteiger partial charge in [-0.25, -0.2) is 9.97 Å². The van der Waals surface area contributed by atoms with E-state index in [2.05, 4.69) is 31.2 Å². The molecule has 0 saturated carbocycles. The summed E-state index contributed by atoms with van der Waals surface area (Å²) >= 11 is 3.27. The summed E-state index contributed by atoms with van der Waals surface area (Å²) in [5.74, 6) is -1.01. The number of hydrogen-bond donors (Lipinski definition) is 3. The van der Waals surface area contributed by atoms with Gasteiger partial charge in [0.1, 0.15) is 0 Å². The summed E-state index contributed by atoms with van der Waals surface area (Å²) < 4.78 is 12.4. The number of nitrogens with one attached hydrogen (secondary N) is 1. The fourth-order valence-corrected chi connectivity index (χ4v) is 2.61. The molecule has 3 N–H and O–H groups in total. The van der Waals surface area contributed by atoms with Gasteiger partial charge in [0.05, 0.1) is 0 Å². The van der Waals surface area contributed by atoms with Crippen molar-refractivity contribution in [3.8, 4) is 0 Å². The van der Waals surface area contributed by atoms with Crippen LogP contribution >= 0.6 is 23.5 Å². The van der Waals surface area contributed by atoms with Gasteiger partial charge in [-0.1, -0.05) is 28.1 Å². The normalized spacial score (nSPS) is 13.0. The smallest absolute Gasteiger partial charge is 0.336 e. The Bertz CT molecular complexity index is 588. The lowest BCUT2D eigenvalue weighted by molar-refractivity contribution is 0.363. The molecule has 0 fully saturated rings. The Morgan fingerprint density at radius 3 is 2.26 bits per heavy atom. The van der Waals surface area contributed by atoms with Crippen LogP contribution in [0, 0.1) is 0 Å². The van der Waals surface area contributed by atoms with Gasteiger partial charge in [0.2, 0.25) is 5.95 Å². The van der Waals surface area contributed by atoms with E-state index < -0.39 is 13.4 Å². The fourth-order valence-electron chi connectivity index (χ4n) is 1.50. The molecule has 1 aromatic carbocycles. The third kappa shape index (κ3) is 3.84. The quantitative estimate of drug-likeness (QED) is 0.738. The Hall–Kier alpha value is -1.27. The van der Waals surface area contributed by atoms with E-state index in [1.165, 1.54) is 12.4 Å². The Kier molecular flexibility index (Phi) is 4.31. The lowest BCUT2D eigenvalue weighted by atomic mass is 10.2. The SMILES string of the molecule is O=P(O)(O)C(Nc1ncccn1)c1ccc(Br)cc1. The second-order valence-electron chi connectivity index (χ2n) is 3.76. The van der Waals surface area contributed by atoms with Crippen LogP contribution in [0.1, 0.15) is 11.3 Å². The van der Waals surface area contributed by atoms with E-state index in [1.807, 2.05) is 0 Å². The zero-order valence-electron chi connectivity index (χ0n) is 9.64. The van der Waals surface area contributed by atoms with Crippen molar-refractivity contribution in [2.45, 2.75) is 5.78 Å². The van der Waals surface area contributed by atoms with Gasteiger partial charge in [-0.2, -0.15) is 0 Å². The van der Waals surface area contributed by atoms with Crippen molar-refractivity contribution >= 4 is 29.5 Å². The number of halogens is 1. The van der Waals surface area contributed by atoms with Gasteiger partial charge >= 0.3 is 7.60 Å². The zero-order chi connectivity index (χ0) is 13.9. The lowest BCUT2D eigenvalue weighted by Crippen LogP contribution is -2.13. The van der Waals surface area contributed by atoms with Gasteiger partial charge in [-0.15, -0.1) is 0 Å². The fraction of sp³-hybridized carbons (Fsp3) is 0.0909. The van der Waals surface area contributed by atoms with Gasteiger partial charge in [0.25, 0.3) is 0 Å². The molecule has 1 atom stereocenters. The molecule has 0 radical (unpaired) electrons. The summed E-state index contributed by atoms with van der Waals surface area (Å²) in [6.45, 7) is 0. The first-order chi connectivity index (χ1) is 8.97. The minimum absolute atomic E-state index is 0.166. The summed E-state index contributed by atoms with van der Waals surface area (Å²) in [6, 6.07) is 8.31. The van der Waals surface area contributed by atoms with Crippen molar-refractivity contribution in [3.63, 3.8) is 0 Å². The average Bonchev–Trinajstić information content (AvgIpc) is 2.37. The Morgan fingerprint density at radius 1 is 1.16 bits per heavy atom. The maximum Gasteiger partial charge on any atom is 0.352 e. The molecule has 1 unspecified atom stereocenters. The van der Waals surface area contributed by atoms with E-state index in [1.54, 1.807) is 30.3 Å². The van der Waals surface area contributed by atoms with E-state index in [9.17, 15) is 14.4 Å². The summed E-state index contributed by atoms with van der Waals surface area (Å²) in [5, 5.41) is 2.65. The van der Waals surface area contributed by atoms with Crippen LogP contribution in [0.3, 0.4) is 0 Å². The number of benzene rings is 1. The minimum atomic E-state index is -4.38. The Balaban J connectivity index is 2.32. The maximum atomic E-state index is 11.6. The highest BCUT2D eigenvalue weighted by atomic mass is 79.9. The molecule has 8 heteroatoms. The van der Waals surface area contributed by atoms with Gasteiger partial charge in [-0.3, -0.25) is 4.57 Å². The highest BCUT2D eigenvalue weighted by Gasteiger charge is 2.31. The summed E-state index contributed by atoms with van der Waals surface area (Å²) in [4.78, 5) is 26.7. The molecule has 6 nitrogen and oxygen atoms in total. The van der Waals surface area contributed by atoms with E-state index in [0.29, 0.717) is 5.56 Å². The third-order valence-electron chi connectivity index (χ3n) is 2.35. The van der Waals surface area contributed by atoms with Crippen LogP contribution in [0.5, 0.6) is 0 Å². The highest BCUT2D eigenvalue weighted by Crippen LogP contribution is 2.51. The minimum Gasteiger partial charge on any atom is -0.336 e. The van der Waals surface area contributed by atoms with Crippen LogP contribution in [0.15, 0.2) is 47.2 Å². The molecule has 0 saturated heterocycles. The first-order valence-corrected chi connectivity index (χ1v) is 7.78. The summed E-state index contributed by atoms with van der Waals surface area (Å²) in [6.07, 6.45) is 2.99. The molecule has 0 aliphatic heterocycles. The molecule has 2 aromatic rings. The van der Waals surface area contributed by atoms with Crippen molar-refractivity contribution < 1.29 is 14.4 Å². The molecule has 0 aliphatic carbocycles. The largest absolute Gasteiger partial charge is 0.352 e. The van der Waals surface area contributed by atoms with Crippen molar-refractivity contribution in [2.24, 2.45) is 0 Å². The van der Waals surface area contributed by atoms with E-state index in [0.717, 1.165) is 4.47 Å². The summed E-state index contributed by atoms with van der Waals surface area (Å²) in [5.41, 5.74) is 0.462. The van der Waals surface area contributed by atoms with E-state index in [-0.39, 0.29) is 5.95 Å². The Morgan fingerprint density at radius 2 is 1.74 bits per heavy atom. The van der Waals surface area contributed by atoms with Crippen molar-refractivity contribution in [3.05, 3.63) is 52.8 Å². The number of hydrogen-bond acceptors (Lipinski definition) is 4. The van der Waals surface area contributed by atoms with Gasteiger partial charge < -0.3 is 15.1 Å². The first-order valence-electron chi connectivity index (χ1n) is 5.31. The zero-order valence-corrected chi connectivity index (χ0v) is 12.1. The molecule has 0 aliphatic rings. The van der Waals surface area contributed by atoms with Crippen LogP contribution in [-0.2, 0) is 4.57 Å². The van der Waals surface area contributed by atoms with E-state index >= 15 is 0 Å². The number of anilines is 1. The van der Waals surface area contributed by atoms with E-state index in [4.69, 9.17) is 0 Å². The average molecular weight is 344 g/mol. The molecule has 100 valence electrons. The lowest BCUT2D eigenvalue weighted by Gasteiger charge is -2.20. The topological polar surface area (TPSA) is 95.3 Å². The predicted molar refractivity (Wildman–Crippen MR) is 74.6 cm³/mol. The highest BCUT2D eigenvalue weighted by molar-refractivity contribution is 9.10. The molecule has 0 bridgehead atoms. The maximum absolute atomic E-state index is 11.6. The number of aromatic nitrogens is 2. The Labute approximate surface area is 118 Å². The van der Waals surface area contributed by atoms with Crippen LogP contribution in [0.2, 0.25) is 0 Å². The van der Waals surface area contributed by atoms with Crippen LogP contribution < -0.4 is 5.32 Å². The molecular weight excluding hydrogens is 333 g/mol. The standard InChI is InChI=1S/C11H11BrN3O3P/c12-9-4-2-8(3-5-9)10(19(16,17)18)15-11-13-6-1-7-14-11/h1-7,10H,(H,13,14,15)(H2,16,17,18). The van der Waals surface area contributed by atoms with Crippen molar-refractivity contribution in [2.75, 3.05) is 5.32 Å². The predicted octanol–water partition coefficient (Wildman–Crippen LogP) is 2.53. The molecular formula is C11H11BrN3O3P. The molecule has 1 aromatic heterocycles. The molecule has 1 heterocycles.